The Morgan fingerprint density at radius 3 is 1.82 bits per heavy atom. The van der Waals surface area contributed by atoms with Crippen molar-refractivity contribution in [1.82, 2.24) is 0 Å². The quantitative estimate of drug-likeness (QED) is 0.760. The number of aliphatic hydroxyl groups is 1. The molecule has 1 aliphatic rings. The van der Waals surface area contributed by atoms with Crippen LogP contribution in [0.4, 0.5) is 0 Å². The molecular weight excluding hydrogens is 228 g/mol. The molecule has 0 spiro atoms. The summed E-state index contributed by atoms with van der Waals surface area (Å²) < 4.78 is 5.76. The molecule has 3 heteroatoms. The molecule has 0 unspecified atom stereocenters. The Labute approximate surface area is 108 Å². The molecule has 0 aromatic heterocycles. The lowest BCUT2D eigenvalue weighted by Crippen LogP contribution is -2.46. The third kappa shape index (κ3) is 3.12. The summed E-state index contributed by atoms with van der Waals surface area (Å²) in [6.07, 6.45) is 0.933. The summed E-state index contributed by atoms with van der Waals surface area (Å²) in [7, 11) is -1.36. The second kappa shape index (κ2) is 5.85. The highest BCUT2D eigenvalue weighted by Crippen LogP contribution is 2.46. The first-order chi connectivity index (χ1) is 7.80. The summed E-state index contributed by atoms with van der Waals surface area (Å²) >= 11 is 0. The molecule has 0 aliphatic carbocycles. The maximum Gasteiger partial charge on any atom is 0.0798 e. The molecule has 1 rings (SSSR count). The van der Waals surface area contributed by atoms with Gasteiger partial charge in [0.05, 0.1) is 26.9 Å². The van der Waals surface area contributed by atoms with Crippen LogP contribution >= 0.6 is 0 Å². The van der Waals surface area contributed by atoms with Gasteiger partial charge in [-0.1, -0.05) is 58.2 Å². The first-order valence-corrected chi connectivity index (χ1v) is 9.54. The van der Waals surface area contributed by atoms with Gasteiger partial charge >= 0.3 is 0 Å². The van der Waals surface area contributed by atoms with Crippen molar-refractivity contribution in [3.05, 3.63) is 0 Å². The molecule has 17 heavy (non-hydrogen) atoms. The van der Waals surface area contributed by atoms with Crippen LogP contribution in [-0.4, -0.2) is 32.0 Å². The van der Waals surface area contributed by atoms with Crippen LogP contribution in [-0.2, 0) is 4.74 Å². The van der Waals surface area contributed by atoms with E-state index >= 15 is 0 Å². The summed E-state index contributed by atoms with van der Waals surface area (Å²) in [4.78, 5) is 0. The summed E-state index contributed by atoms with van der Waals surface area (Å²) in [5, 5.41) is 9.60. The van der Waals surface area contributed by atoms with Crippen molar-refractivity contribution >= 4 is 8.07 Å². The van der Waals surface area contributed by atoms with Gasteiger partial charge in [0.2, 0.25) is 0 Å². The van der Waals surface area contributed by atoms with Gasteiger partial charge in [-0.25, -0.2) is 0 Å². The van der Waals surface area contributed by atoms with Gasteiger partial charge in [0.1, 0.15) is 0 Å². The smallest absolute Gasteiger partial charge is 0.0798 e. The Bertz CT molecular complexity index is 217. The van der Waals surface area contributed by atoms with Crippen LogP contribution in [0.3, 0.4) is 0 Å². The van der Waals surface area contributed by atoms with Crippen LogP contribution in [0.5, 0.6) is 0 Å². The molecule has 102 valence electrons. The maximum absolute atomic E-state index is 9.60. The highest BCUT2D eigenvalue weighted by Gasteiger charge is 2.45. The van der Waals surface area contributed by atoms with Crippen molar-refractivity contribution in [1.29, 1.82) is 0 Å². The van der Waals surface area contributed by atoms with E-state index in [9.17, 15) is 5.11 Å². The van der Waals surface area contributed by atoms with Gasteiger partial charge in [-0.15, -0.1) is 0 Å². The minimum Gasteiger partial charge on any atom is -0.391 e. The van der Waals surface area contributed by atoms with Gasteiger partial charge in [0.25, 0.3) is 0 Å². The van der Waals surface area contributed by atoms with E-state index in [1.54, 1.807) is 0 Å². The Kier molecular flexibility index (Phi) is 5.23. The van der Waals surface area contributed by atoms with Crippen molar-refractivity contribution in [2.75, 3.05) is 6.61 Å². The first-order valence-electron chi connectivity index (χ1n) is 7.10. The molecule has 0 bridgehead atoms. The molecule has 0 radical (unpaired) electrons. The molecule has 1 saturated heterocycles. The standard InChI is InChI=1S/C14H30O2Si/c1-10(2)17(11(3)4,12(5)6)9-14-7-13(15)8-16-14/h10-15H,7-9H2,1-6H3/t13-,14-/m0/s1. The lowest BCUT2D eigenvalue weighted by Gasteiger charge is -2.44. The molecule has 1 aliphatic heterocycles. The number of hydrogen-bond donors (Lipinski definition) is 1. The van der Waals surface area contributed by atoms with Gasteiger partial charge < -0.3 is 9.84 Å². The van der Waals surface area contributed by atoms with Crippen LogP contribution in [0, 0.1) is 0 Å². The normalized spacial score (nSPS) is 26.5. The summed E-state index contributed by atoms with van der Waals surface area (Å²) in [5.41, 5.74) is 2.34. The number of rotatable bonds is 5. The number of aliphatic hydroxyl groups excluding tert-OH is 1. The third-order valence-electron chi connectivity index (χ3n) is 4.87. The van der Waals surface area contributed by atoms with Gasteiger partial charge in [0, 0.05) is 6.42 Å². The number of ether oxygens (including phenoxy) is 1. The topological polar surface area (TPSA) is 29.5 Å². The highest BCUT2D eigenvalue weighted by atomic mass is 28.3. The molecule has 1 heterocycles. The Morgan fingerprint density at radius 2 is 1.53 bits per heavy atom. The fraction of sp³-hybridized carbons (Fsp3) is 1.00. The van der Waals surface area contributed by atoms with Crippen molar-refractivity contribution in [2.24, 2.45) is 0 Å². The van der Waals surface area contributed by atoms with Crippen molar-refractivity contribution in [3.8, 4) is 0 Å². The van der Waals surface area contributed by atoms with Gasteiger partial charge in [-0.2, -0.15) is 0 Å². The Balaban J connectivity index is 2.82. The monoisotopic (exact) mass is 258 g/mol. The molecule has 0 amide bonds. The molecule has 1 fully saturated rings. The highest BCUT2D eigenvalue weighted by molar-refractivity contribution is 6.83. The van der Waals surface area contributed by atoms with Crippen LogP contribution < -0.4 is 0 Å². The lowest BCUT2D eigenvalue weighted by atomic mass is 10.2. The van der Waals surface area contributed by atoms with Crippen LogP contribution in [0.1, 0.15) is 48.0 Å². The van der Waals surface area contributed by atoms with Gasteiger partial charge in [0.15, 0.2) is 0 Å². The van der Waals surface area contributed by atoms with Gasteiger partial charge in [-0.3, -0.25) is 0 Å². The maximum atomic E-state index is 9.60. The Hall–Kier alpha value is 0.137. The summed E-state index contributed by atoms with van der Waals surface area (Å²) in [6.45, 7) is 14.9. The summed E-state index contributed by atoms with van der Waals surface area (Å²) in [5.74, 6) is 0. The SMILES string of the molecule is CC(C)[Si](C[C@@H]1C[C@H](O)CO1)(C(C)C)C(C)C. The van der Waals surface area contributed by atoms with Crippen LogP contribution in [0.15, 0.2) is 0 Å². The van der Waals surface area contributed by atoms with E-state index in [4.69, 9.17) is 4.74 Å². The van der Waals surface area contributed by atoms with Crippen molar-refractivity contribution in [3.63, 3.8) is 0 Å². The predicted octanol–water partition coefficient (Wildman–Crippen LogP) is 3.82. The minimum absolute atomic E-state index is 0.224. The Morgan fingerprint density at radius 1 is 1.06 bits per heavy atom. The van der Waals surface area contributed by atoms with Crippen LogP contribution in [0.2, 0.25) is 22.7 Å². The molecule has 1 N–H and O–H groups in total. The predicted molar refractivity (Wildman–Crippen MR) is 76.2 cm³/mol. The zero-order valence-electron chi connectivity index (χ0n) is 12.4. The van der Waals surface area contributed by atoms with Crippen molar-refractivity contribution in [2.45, 2.75) is 82.8 Å². The molecule has 0 aromatic rings. The lowest BCUT2D eigenvalue weighted by molar-refractivity contribution is 0.0959. The second-order valence-corrected chi connectivity index (χ2v) is 12.7. The minimum atomic E-state index is -1.36. The largest absolute Gasteiger partial charge is 0.391 e. The zero-order valence-corrected chi connectivity index (χ0v) is 13.4. The third-order valence-corrected chi connectivity index (χ3v) is 12.5. The summed E-state index contributed by atoms with van der Waals surface area (Å²) in [6, 6.07) is 1.22. The molecule has 2 nitrogen and oxygen atoms in total. The van der Waals surface area contributed by atoms with E-state index in [0.29, 0.717) is 12.7 Å². The first kappa shape index (κ1) is 15.2. The fourth-order valence-electron chi connectivity index (χ4n) is 3.93. The molecular formula is C14H30O2Si. The van der Waals surface area contributed by atoms with Crippen molar-refractivity contribution < 1.29 is 9.84 Å². The number of hydrogen-bond acceptors (Lipinski definition) is 2. The second-order valence-electron chi connectivity index (χ2n) is 6.63. The van der Waals surface area contributed by atoms with E-state index < -0.39 is 8.07 Å². The molecule has 2 atom stereocenters. The fourth-order valence-corrected chi connectivity index (χ4v) is 10.4. The van der Waals surface area contributed by atoms with E-state index in [0.717, 1.165) is 23.0 Å². The average molecular weight is 258 g/mol. The van der Waals surface area contributed by atoms with E-state index in [1.165, 1.54) is 6.04 Å². The molecule has 0 aromatic carbocycles. The average Bonchev–Trinajstić information content (AvgIpc) is 2.58. The van der Waals surface area contributed by atoms with E-state index in [-0.39, 0.29) is 6.10 Å². The van der Waals surface area contributed by atoms with E-state index in [1.807, 2.05) is 0 Å². The zero-order chi connectivity index (χ0) is 13.2. The van der Waals surface area contributed by atoms with Crippen LogP contribution in [0.25, 0.3) is 0 Å². The van der Waals surface area contributed by atoms with E-state index in [2.05, 4.69) is 41.5 Å². The van der Waals surface area contributed by atoms with Gasteiger partial charge in [-0.05, 0) is 6.04 Å². The molecule has 0 saturated carbocycles.